The van der Waals surface area contributed by atoms with Crippen LogP contribution in [0.3, 0.4) is 0 Å². The van der Waals surface area contributed by atoms with E-state index in [1.165, 1.54) is 0 Å². The largest absolute Gasteiger partial charge is 0.326 e. The van der Waals surface area contributed by atoms with Crippen LogP contribution in [0.4, 0.5) is 0 Å². The Morgan fingerprint density at radius 1 is 1.20 bits per heavy atom. The van der Waals surface area contributed by atoms with Crippen LogP contribution in [-0.2, 0) is 16.6 Å². The van der Waals surface area contributed by atoms with Crippen molar-refractivity contribution in [1.29, 1.82) is 0 Å². The Kier molecular flexibility index (Phi) is 6.17. The van der Waals surface area contributed by atoms with Crippen LogP contribution >= 0.6 is 0 Å². The van der Waals surface area contributed by atoms with E-state index < -0.39 is 10.0 Å². The monoisotopic (exact) mass is 298 g/mol. The van der Waals surface area contributed by atoms with Crippen LogP contribution in [0, 0.1) is 12.8 Å². The van der Waals surface area contributed by atoms with Gasteiger partial charge < -0.3 is 5.73 Å². The lowest BCUT2D eigenvalue weighted by molar-refractivity contribution is 0.485. The molecule has 0 heterocycles. The molecular formula is C15H26N2O2S. The topological polar surface area (TPSA) is 72.2 Å². The van der Waals surface area contributed by atoms with Gasteiger partial charge in [0, 0.05) is 12.6 Å². The van der Waals surface area contributed by atoms with Crippen molar-refractivity contribution >= 4 is 10.0 Å². The van der Waals surface area contributed by atoms with E-state index in [4.69, 9.17) is 5.73 Å². The van der Waals surface area contributed by atoms with E-state index in [-0.39, 0.29) is 6.04 Å². The molecule has 0 aliphatic heterocycles. The molecule has 0 aliphatic carbocycles. The molecule has 0 bridgehead atoms. The molecule has 1 aromatic carbocycles. The quantitative estimate of drug-likeness (QED) is 0.812. The number of rotatable bonds is 7. The summed E-state index contributed by atoms with van der Waals surface area (Å²) in [6.07, 6.45) is 1.85. The summed E-state index contributed by atoms with van der Waals surface area (Å²) in [5, 5.41) is 0. The third-order valence-corrected chi connectivity index (χ3v) is 4.96. The lowest BCUT2D eigenvalue weighted by Crippen LogP contribution is -2.32. The third kappa shape index (κ3) is 4.89. The Labute approximate surface area is 122 Å². The first-order valence-electron chi connectivity index (χ1n) is 7.08. The van der Waals surface area contributed by atoms with Gasteiger partial charge in [-0.3, -0.25) is 0 Å². The molecule has 5 heteroatoms. The summed E-state index contributed by atoms with van der Waals surface area (Å²) >= 11 is 0. The molecule has 0 saturated carbocycles. The molecule has 0 spiro atoms. The SMILES string of the molecule is Cc1cc(S(=O)(=O)NC(C)CCC(C)C)ccc1CN. The minimum Gasteiger partial charge on any atom is -0.326 e. The Morgan fingerprint density at radius 2 is 1.85 bits per heavy atom. The number of hydrogen-bond acceptors (Lipinski definition) is 3. The van der Waals surface area contributed by atoms with Crippen LogP contribution in [-0.4, -0.2) is 14.5 Å². The molecule has 114 valence electrons. The molecule has 0 radical (unpaired) electrons. The molecule has 0 amide bonds. The lowest BCUT2D eigenvalue weighted by Gasteiger charge is -2.16. The third-order valence-electron chi connectivity index (χ3n) is 3.38. The first-order chi connectivity index (χ1) is 9.26. The van der Waals surface area contributed by atoms with Crippen molar-refractivity contribution in [3.63, 3.8) is 0 Å². The van der Waals surface area contributed by atoms with Crippen molar-refractivity contribution < 1.29 is 8.42 Å². The number of benzene rings is 1. The average Bonchev–Trinajstić information content (AvgIpc) is 2.35. The Bertz CT molecular complexity index is 539. The molecule has 1 unspecified atom stereocenters. The molecule has 1 rings (SSSR count). The second-order valence-electron chi connectivity index (χ2n) is 5.79. The Hall–Kier alpha value is -0.910. The van der Waals surface area contributed by atoms with E-state index in [1.807, 2.05) is 13.8 Å². The standard InChI is InChI=1S/C15H26N2O2S/c1-11(2)5-6-13(4)17-20(18,19)15-8-7-14(10-16)12(3)9-15/h7-9,11,13,17H,5-6,10,16H2,1-4H3. The summed E-state index contributed by atoms with van der Waals surface area (Å²) in [7, 11) is -3.45. The minimum absolute atomic E-state index is 0.0584. The summed E-state index contributed by atoms with van der Waals surface area (Å²) in [4.78, 5) is 0.309. The van der Waals surface area contributed by atoms with Crippen molar-refractivity contribution in [2.24, 2.45) is 11.7 Å². The van der Waals surface area contributed by atoms with Crippen LogP contribution in [0.25, 0.3) is 0 Å². The zero-order valence-corrected chi connectivity index (χ0v) is 13.6. The van der Waals surface area contributed by atoms with E-state index in [2.05, 4.69) is 18.6 Å². The Balaban J connectivity index is 2.81. The molecule has 0 aromatic heterocycles. The van der Waals surface area contributed by atoms with Gasteiger partial charge in [-0.25, -0.2) is 13.1 Å². The van der Waals surface area contributed by atoms with Gasteiger partial charge in [-0.2, -0.15) is 0 Å². The Morgan fingerprint density at radius 3 is 2.35 bits per heavy atom. The van der Waals surface area contributed by atoms with Crippen molar-refractivity contribution in [2.45, 2.75) is 58.0 Å². The predicted octanol–water partition coefficient (Wildman–Crippen LogP) is 2.56. The maximum absolute atomic E-state index is 12.3. The van der Waals surface area contributed by atoms with Crippen molar-refractivity contribution in [2.75, 3.05) is 0 Å². The number of sulfonamides is 1. The first-order valence-corrected chi connectivity index (χ1v) is 8.56. The summed E-state index contributed by atoms with van der Waals surface area (Å²) in [5.74, 6) is 0.577. The highest BCUT2D eigenvalue weighted by Gasteiger charge is 2.18. The van der Waals surface area contributed by atoms with Gasteiger partial charge in [0.2, 0.25) is 10.0 Å². The normalized spacial score (nSPS) is 13.7. The molecule has 0 saturated heterocycles. The van der Waals surface area contributed by atoms with Gasteiger partial charge in [0.05, 0.1) is 4.90 Å². The highest BCUT2D eigenvalue weighted by molar-refractivity contribution is 7.89. The first kappa shape index (κ1) is 17.1. The van der Waals surface area contributed by atoms with Crippen LogP contribution in [0.2, 0.25) is 0 Å². The van der Waals surface area contributed by atoms with E-state index in [0.29, 0.717) is 17.4 Å². The molecule has 3 N–H and O–H groups in total. The molecule has 1 aromatic rings. The fraction of sp³-hybridized carbons (Fsp3) is 0.600. The van der Waals surface area contributed by atoms with E-state index >= 15 is 0 Å². The van der Waals surface area contributed by atoms with Crippen LogP contribution in [0.5, 0.6) is 0 Å². The maximum atomic E-state index is 12.3. The van der Waals surface area contributed by atoms with Gasteiger partial charge in [-0.05, 0) is 55.9 Å². The van der Waals surface area contributed by atoms with Crippen molar-refractivity contribution in [1.82, 2.24) is 4.72 Å². The van der Waals surface area contributed by atoms with Gasteiger partial charge in [-0.15, -0.1) is 0 Å². The average molecular weight is 298 g/mol. The number of nitrogens with one attached hydrogen (secondary N) is 1. The molecule has 0 aliphatic rings. The molecular weight excluding hydrogens is 272 g/mol. The lowest BCUT2D eigenvalue weighted by atomic mass is 10.1. The summed E-state index contributed by atoms with van der Waals surface area (Å²) in [6.45, 7) is 8.47. The van der Waals surface area contributed by atoms with E-state index in [1.54, 1.807) is 18.2 Å². The van der Waals surface area contributed by atoms with Gasteiger partial charge in [0.1, 0.15) is 0 Å². The number of hydrogen-bond donors (Lipinski definition) is 2. The molecule has 4 nitrogen and oxygen atoms in total. The smallest absolute Gasteiger partial charge is 0.240 e. The second-order valence-corrected chi connectivity index (χ2v) is 7.50. The minimum atomic E-state index is -3.45. The maximum Gasteiger partial charge on any atom is 0.240 e. The zero-order valence-electron chi connectivity index (χ0n) is 12.8. The summed E-state index contributed by atoms with van der Waals surface area (Å²) in [6, 6.07) is 5.02. The molecule has 20 heavy (non-hydrogen) atoms. The van der Waals surface area contributed by atoms with Gasteiger partial charge in [-0.1, -0.05) is 19.9 Å². The van der Waals surface area contributed by atoms with Gasteiger partial charge in [0.15, 0.2) is 0 Å². The predicted molar refractivity (Wildman–Crippen MR) is 82.9 cm³/mol. The zero-order chi connectivity index (χ0) is 15.3. The van der Waals surface area contributed by atoms with Crippen LogP contribution in [0.1, 0.15) is 44.7 Å². The summed E-state index contributed by atoms with van der Waals surface area (Å²) < 4.78 is 27.3. The van der Waals surface area contributed by atoms with Crippen molar-refractivity contribution in [3.8, 4) is 0 Å². The van der Waals surface area contributed by atoms with Crippen LogP contribution in [0.15, 0.2) is 23.1 Å². The fourth-order valence-electron chi connectivity index (χ4n) is 2.04. The van der Waals surface area contributed by atoms with E-state index in [9.17, 15) is 8.42 Å². The second kappa shape index (κ2) is 7.20. The fourth-order valence-corrected chi connectivity index (χ4v) is 3.40. The molecule has 0 fully saturated rings. The highest BCUT2D eigenvalue weighted by atomic mass is 32.2. The highest BCUT2D eigenvalue weighted by Crippen LogP contribution is 2.16. The molecule has 1 atom stereocenters. The van der Waals surface area contributed by atoms with Crippen LogP contribution < -0.4 is 10.5 Å². The summed E-state index contributed by atoms with van der Waals surface area (Å²) in [5.41, 5.74) is 7.47. The van der Waals surface area contributed by atoms with Crippen molar-refractivity contribution in [3.05, 3.63) is 29.3 Å². The van der Waals surface area contributed by atoms with Gasteiger partial charge >= 0.3 is 0 Å². The van der Waals surface area contributed by atoms with Gasteiger partial charge in [0.25, 0.3) is 0 Å². The number of aryl methyl sites for hydroxylation is 1. The number of nitrogens with two attached hydrogens (primary N) is 1. The van der Waals surface area contributed by atoms with E-state index in [0.717, 1.165) is 24.0 Å².